The van der Waals surface area contributed by atoms with Crippen LogP contribution in [0.15, 0.2) is 0 Å². The summed E-state index contributed by atoms with van der Waals surface area (Å²) < 4.78 is 22.6. The second kappa shape index (κ2) is 29.3. The summed E-state index contributed by atoms with van der Waals surface area (Å²) in [5.41, 5.74) is 0. The summed E-state index contributed by atoms with van der Waals surface area (Å²) in [7, 11) is 0. The lowest BCUT2D eigenvalue weighted by Crippen LogP contribution is -2.59. The average molecular weight is 647 g/mol. The van der Waals surface area contributed by atoms with Gasteiger partial charge in [0.1, 0.15) is 30.5 Å². The second-order valence-corrected chi connectivity index (χ2v) is 13.0. The Hall–Kier alpha value is -0.810. The highest BCUT2D eigenvalue weighted by molar-refractivity contribution is 5.69. The highest BCUT2D eigenvalue weighted by Crippen LogP contribution is 2.22. The van der Waals surface area contributed by atoms with E-state index in [1.54, 1.807) is 0 Å². The highest BCUT2D eigenvalue weighted by Gasteiger charge is 2.44. The summed E-state index contributed by atoms with van der Waals surface area (Å²) in [5.74, 6) is -0.313. The zero-order chi connectivity index (χ0) is 33.0. The quantitative estimate of drug-likeness (QED) is 0.0477. The molecule has 9 heteroatoms. The van der Waals surface area contributed by atoms with Gasteiger partial charge in [-0.1, -0.05) is 142 Å². The molecular weight excluding hydrogens is 576 g/mol. The minimum absolute atomic E-state index is 0.107. The molecule has 1 fully saturated rings. The van der Waals surface area contributed by atoms with Crippen LogP contribution in [0.2, 0.25) is 0 Å². The van der Waals surface area contributed by atoms with Crippen molar-refractivity contribution in [1.82, 2.24) is 0 Å². The molecule has 0 aromatic rings. The van der Waals surface area contributed by atoms with Crippen molar-refractivity contribution in [3.63, 3.8) is 0 Å². The maximum Gasteiger partial charge on any atom is 0.306 e. The molecule has 9 nitrogen and oxygen atoms in total. The van der Waals surface area contributed by atoms with Crippen molar-refractivity contribution >= 4 is 5.97 Å². The van der Waals surface area contributed by atoms with E-state index in [4.69, 9.17) is 18.9 Å². The fraction of sp³-hybridized carbons (Fsp3) is 0.972. The van der Waals surface area contributed by atoms with Crippen LogP contribution in [0.1, 0.15) is 162 Å². The number of esters is 1. The lowest BCUT2D eigenvalue weighted by molar-refractivity contribution is -0.305. The standard InChI is InChI=1S/C36H70O9/c1-3-5-7-9-11-13-14-15-16-17-18-19-21-23-25-32(38)44-30(28-42-26-24-22-20-12-10-8-6-4-2)29-43-36-35(41)34(40)33(39)31(27-37)45-36/h30-31,33-37,39-41H,3-29H2,1-2H3. The Morgan fingerprint density at radius 2 is 1.09 bits per heavy atom. The van der Waals surface area contributed by atoms with Crippen LogP contribution >= 0.6 is 0 Å². The fourth-order valence-corrected chi connectivity index (χ4v) is 5.78. The van der Waals surface area contributed by atoms with Gasteiger partial charge in [-0.3, -0.25) is 4.79 Å². The molecule has 0 aliphatic carbocycles. The minimum atomic E-state index is -1.53. The predicted octanol–water partition coefficient (Wildman–Crippen LogP) is 6.74. The molecule has 1 aliphatic heterocycles. The lowest BCUT2D eigenvalue weighted by Gasteiger charge is -2.39. The van der Waals surface area contributed by atoms with Gasteiger partial charge in [0.25, 0.3) is 0 Å². The largest absolute Gasteiger partial charge is 0.457 e. The van der Waals surface area contributed by atoms with Crippen LogP contribution in [0, 0.1) is 0 Å². The highest BCUT2D eigenvalue weighted by atomic mass is 16.7. The first kappa shape index (κ1) is 42.2. The Morgan fingerprint density at radius 3 is 1.58 bits per heavy atom. The van der Waals surface area contributed by atoms with Crippen molar-refractivity contribution in [1.29, 1.82) is 0 Å². The summed E-state index contributed by atoms with van der Waals surface area (Å²) in [5, 5.41) is 39.8. The molecular formula is C36H70O9. The molecule has 6 atom stereocenters. The number of rotatable bonds is 31. The predicted molar refractivity (Wildman–Crippen MR) is 178 cm³/mol. The Kier molecular flexibility index (Phi) is 27.5. The molecule has 0 radical (unpaired) electrons. The van der Waals surface area contributed by atoms with E-state index in [9.17, 15) is 25.2 Å². The summed E-state index contributed by atoms with van der Waals surface area (Å²) in [6, 6.07) is 0. The average Bonchev–Trinajstić information content (AvgIpc) is 3.04. The molecule has 0 aromatic heterocycles. The maximum atomic E-state index is 12.6. The van der Waals surface area contributed by atoms with Gasteiger partial charge in [0, 0.05) is 13.0 Å². The number of carbonyl (C=O) groups is 1. The van der Waals surface area contributed by atoms with Gasteiger partial charge in [-0.05, 0) is 12.8 Å². The number of hydrogen-bond donors (Lipinski definition) is 4. The van der Waals surface area contributed by atoms with Gasteiger partial charge in [-0.2, -0.15) is 0 Å². The summed E-state index contributed by atoms with van der Waals surface area (Å²) in [4.78, 5) is 12.6. The summed E-state index contributed by atoms with van der Waals surface area (Å²) in [6.07, 6.45) is 19.9. The molecule has 0 saturated carbocycles. The van der Waals surface area contributed by atoms with E-state index < -0.39 is 43.4 Å². The van der Waals surface area contributed by atoms with Gasteiger partial charge in [0.05, 0.1) is 19.8 Å². The van der Waals surface area contributed by atoms with E-state index >= 15 is 0 Å². The van der Waals surface area contributed by atoms with Crippen LogP contribution in [0.25, 0.3) is 0 Å². The van der Waals surface area contributed by atoms with Crippen LogP contribution < -0.4 is 0 Å². The van der Waals surface area contributed by atoms with E-state index in [1.807, 2.05) is 0 Å². The Bertz CT molecular complexity index is 662. The third kappa shape index (κ3) is 21.6. The number of carbonyl (C=O) groups excluding carboxylic acids is 1. The van der Waals surface area contributed by atoms with Gasteiger partial charge in [-0.15, -0.1) is 0 Å². The molecule has 4 N–H and O–H groups in total. The molecule has 0 spiro atoms. The molecule has 1 aliphatic rings. The van der Waals surface area contributed by atoms with Gasteiger partial charge in [0.15, 0.2) is 6.29 Å². The van der Waals surface area contributed by atoms with Crippen LogP contribution in [-0.2, 0) is 23.7 Å². The smallest absolute Gasteiger partial charge is 0.306 e. The van der Waals surface area contributed by atoms with Crippen LogP contribution in [-0.4, -0.2) is 89.6 Å². The third-order valence-corrected chi connectivity index (χ3v) is 8.77. The first-order valence-electron chi connectivity index (χ1n) is 18.6. The molecule has 1 heterocycles. The molecule has 6 unspecified atom stereocenters. The van der Waals surface area contributed by atoms with Crippen molar-refractivity contribution in [2.75, 3.05) is 26.4 Å². The van der Waals surface area contributed by atoms with E-state index in [0.717, 1.165) is 32.1 Å². The second-order valence-electron chi connectivity index (χ2n) is 13.0. The molecule has 1 rings (SSSR count). The van der Waals surface area contributed by atoms with E-state index in [2.05, 4.69) is 13.8 Å². The zero-order valence-electron chi connectivity index (χ0n) is 28.9. The van der Waals surface area contributed by atoms with Gasteiger partial charge in [-0.25, -0.2) is 0 Å². The molecule has 0 aromatic carbocycles. The summed E-state index contributed by atoms with van der Waals surface area (Å²) in [6.45, 7) is 4.54. The van der Waals surface area contributed by atoms with E-state index in [-0.39, 0.29) is 19.2 Å². The summed E-state index contributed by atoms with van der Waals surface area (Å²) >= 11 is 0. The molecule has 0 bridgehead atoms. The number of hydrogen-bond acceptors (Lipinski definition) is 9. The molecule has 1 saturated heterocycles. The first-order valence-corrected chi connectivity index (χ1v) is 18.6. The minimum Gasteiger partial charge on any atom is -0.457 e. The zero-order valence-corrected chi connectivity index (χ0v) is 28.9. The van der Waals surface area contributed by atoms with Crippen molar-refractivity contribution < 1.29 is 44.2 Å². The van der Waals surface area contributed by atoms with E-state index in [0.29, 0.717) is 13.0 Å². The van der Waals surface area contributed by atoms with Gasteiger partial charge >= 0.3 is 5.97 Å². The monoisotopic (exact) mass is 647 g/mol. The number of aliphatic hydroxyl groups excluding tert-OH is 4. The Labute approximate surface area is 274 Å². The number of aliphatic hydroxyl groups is 4. The lowest BCUT2D eigenvalue weighted by atomic mass is 9.99. The van der Waals surface area contributed by atoms with Crippen LogP contribution in [0.4, 0.5) is 0 Å². The molecule has 0 amide bonds. The Balaban J connectivity index is 2.31. The van der Waals surface area contributed by atoms with Crippen LogP contribution in [0.5, 0.6) is 0 Å². The van der Waals surface area contributed by atoms with Crippen molar-refractivity contribution in [2.45, 2.75) is 198 Å². The van der Waals surface area contributed by atoms with Crippen LogP contribution in [0.3, 0.4) is 0 Å². The Morgan fingerprint density at radius 1 is 0.622 bits per heavy atom. The number of unbranched alkanes of at least 4 members (excludes halogenated alkanes) is 20. The van der Waals surface area contributed by atoms with Gasteiger partial charge in [0.2, 0.25) is 0 Å². The molecule has 268 valence electrons. The topological polar surface area (TPSA) is 135 Å². The van der Waals surface area contributed by atoms with Gasteiger partial charge < -0.3 is 39.4 Å². The van der Waals surface area contributed by atoms with Crippen molar-refractivity contribution in [3.8, 4) is 0 Å². The maximum absolute atomic E-state index is 12.6. The van der Waals surface area contributed by atoms with Crippen molar-refractivity contribution in [3.05, 3.63) is 0 Å². The fourth-order valence-electron chi connectivity index (χ4n) is 5.78. The van der Waals surface area contributed by atoms with Crippen molar-refractivity contribution in [2.24, 2.45) is 0 Å². The third-order valence-electron chi connectivity index (χ3n) is 8.77. The number of ether oxygens (including phenoxy) is 4. The first-order chi connectivity index (χ1) is 21.9. The SMILES string of the molecule is CCCCCCCCCCCCCCCCC(=O)OC(COCCCCCCCCCC)COC1OC(CO)C(O)C(O)C1O. The normalized spacial score (nSPS) is 22.5. The van der Waals surface area contributed by atoms with E-state index in [1.165, 1.54) is 109 Å². The molecule has 45 heavy (non-hydrogen) atoms.